The predicted molar refractivity (Wildman–Crippen MR) is 107 cm³/mol. The summed E-state index contributed by atoms with van der Waals surface area (Å²) >= 11 is 1.55. The normalized spacial score (nSPS) is 10.9. The Kier molecular flexibility index (Phi) is 5.03. The molecule has 0 saturated heterocycles. The van der Waals surface area contributed by atoms with E-state index in [9.17, 15) is 4.39 Å². The molecule has 27 heavy (non-hydrogen) atoms. The molecule has 1 heterocycles. The number of halogens is 1. The third-order valence-corrected chi connectivity index (χ3v) is 5.29. The van der Waals surface area contributed by atoms with Gasteiger partial charge >= 0.3 is 0 Å². The number of aryl methyl sites for hydroxylation is 1. The number of hydrogen-bond donors (Lipinski definition) is 0. The second-order valence-corrected chi connectivity index (χ2v) is 7.15. The van der Waals surface area contributed by atoms with Gasteiger partial charge in [-0.15, -0.1) is 10.2 Å². The van der Waals surface area contributed by atoms with Gasteiger partial charge in [0.15, 0.2) is 11.0 Å². The number of hydrogen-bond acceptors (Lipinski definition) is 3. The highest BCUT2D eigenvalue weighted by molar-refractivity contribution is 7.98. The summed E-state index contributed by atoms with van der Waals surface area (Å²) in [6.07, 6.45) is 0. The molecule has 4 aromatic rings. The number of para-hydroxylation sites is 1. The Morgan fingerprint density at radius 2 is 1.67 bits per heavy atom. The van der Waals surface area contributed by atoms with Crippen molar-refractivity contribution in [1.29, 1.82) is 0 Å². The van der Waals surface area contributed by atoms with Crippen LogP contribution in [0.1, 0.15) is 11.1 Å². The molecule has 0 unspecified atom stereocenters. The van der Waals surface area contributed by atoms with Gasteiger partial charge in [0, 0.05) is 17.0 Å². The zero-order chi connectivity index (χ0) is 18.6. The van der Waals surface area contributed by atoms with Crippen LogP contribution < -0.4 is 0 Å². The monoisotopic (exact) mass is 375 g/mol. The fourth-order valence-electron chi connectivity index (χ4n) is 2.95. The van der Waals surface area contributed by atoms with Crippen molar-refractivity contribution < 1.29 is 4.39 Å². The van der Waals surface area contributed by atoms with Gasteiger partial charge in [-0.05, 0) is 42.3 Å². The van der Waals surface area contributed by atoms with Crippen molar-refractivity contribution in [3.8, 4) is 17.1 Å². The lowest BCUT2D eigenvalue weighted by Gasteiger charge is -2.11. The Labute approximate surface area is 161 Å². The number of thioether (sulfide) groups is 1. The van der Waals surface area contributed by atoms with E-state index in [2.05, 4.69) is 33.8 Å². The van der Waals surface area contributed by atoms with Gasteiger partial charge in [0.05, 0.1) is 0 Å². The van der Waals surface area contributed by atoms with Gasteiger partial charge < -0.3 is 0 Å². The van der Waals surface area contributed by atoms with E-state index >= 15 is 0 Å². The highest BCUT2D eigenvalue weighted by Crippen LogP contribution is 2.31. The standard InChI is InChI=1S/C22H18FN3S/c1-16-8-5-6-13-20(16)21-24-25-22(26(21)19-11-3-2-4-12-19)27-15-17-9-7-10-18(23)14-17/h2-14H,15H2,1H3. The summed E-state index contributed by atoms with van der Waals surface area (Å²) in [5.74, 6) is 1.20. The quantitative estimate of drug-likeness (QED) is 0.421. The van der Waals surface area contributed by atoms with Crippen LogP contribution in [0.5, 0.6) is 0 Å². The third kappa shape index (κ3) is 3.78. The summed E-state index contributed by atoms with van der Waals surface area (Å²) in [5.41, 5.74) is 4.11. The zero-order valence-electron chi connectivity index (χ0n) is 14.8. The van der Waals surface area contributed by atoms with Crippen molar-refractivity contribution in [1.82, 2.24) is 14.8 Å². The Morgan fingerprint density at radius 1 is 0.889 bits per heavy atom. The summed E-state index contributed by atoms with van der Waals surface area (Å²) in [4.78, 5) is 0. The summed E-state index contributed by atoms with van der Waals surface area (Å²) in [6, 6.07) is 24.9. The molecule has 4 rings (SSSR count). The summed E-state index contributed by atoms with van der Waals surface area (Å²) in [7, 11) is 0. The first-order valence-electron chi connectivity index (χ1n) is 8.66. The maximum absolute atomic E-state index is 13.5. The van der Waals surface area contributed by atoms with Crippen molar-refractivity contribution >= 4 is 11.8 Å². The van der Waals surface area contributed by atoms with E-state index in [0.29, 0.717) is 5.75 Å². The van der Waals surface area contributed by atoms with Gasteiger partial charge in [0.25, 0.3) is 0 Å². The van der Waals surface area contributed by atoms with E-state index in [1.165, 1.54) is 6.07 Å². The van der Waals surface area contributed by atoms with Crippen molar-refractivity contribution in [2.75, 3.05) is 0 Å². The van der Waals surface area contributed by atoms with Gasteiger partial charge in [-0.3, -0.25) is 4.57 Å². The topological polar surface area (TPSA) is 30.7 Å². The van der Waals surface area contributed by atoms with Crippen LogP contribution in [0.4, 0.5) is 4.39 Å². The minimum absolute atomic E-state index is 0.224. The van der Waals surface area contributed by atoms with Crippen LogP contribution in [0.3, 0.4) is 0 Å². The molecule has 5 heteroatoms. The van der Waals surface area contributed by atoms with E-state index in [1.54, 1.807) is 23.9 Å². The molecule has 0 spiro atoms. The molecule has 0 aliphatic carbocycles. The van der Waals surface area contributed by atoms with E-state index in [0.717, 1.165) is 33.4 Å². The van der Waals surface area contributed by atoms with Gasteiger partial charge in [0.1, 0.15) is 5.82 Å². The molecule has 0 saturated carbocycles. The highest BCUT2D eigenvalue weighted by atomic mass is 32.2. The number of benzene rings is 3. The lowest BCUT2D eigenvalue weighted by atomic mass is 10.1. The minimum Gasteiger partial charge on any atom is -0.270 e. The van der Waals surface area contributed by atoms with Crippen molar-refractivity contribution in [2.45, 2.75) is 17.8 Å². The van der Waals surface area contributed by atoms with Gasteiger partial charge in [-0.1, -0.05) is 66.4 Å². The molecule has 1 aromatic heterocycles. The molecule has 3 aromatic carbocycles. The van der Waals surface area contributed by atoms with Crippen molar-refractivity contribution in [3.63, 3.8) is 0 Å². The summed E-state index contributed by atoms with van der Waals surface area (Å²) in [5, 5.41) is 9.68. The number of aromatic nitrogens is 3. The molecular weight excluding hydrogens is 357 g/mol. The third-order valence-electron chi connectivity index (χ3n) is 4.29. The summed E-state index contributed by atoms with van der Waals surface area (Å²) in [6.45, 7) is 2.07. The molecule has 0 aliphatic heterocycles. The first kappa shape index (κ1) is 17.5. The lowest BCUT2D eigenvalue weighted by Crippen LogP contribution is -2.00. The molecule has 0 fully saturated rings. The van der Waals surface area contributed by atoms with Gasteiger partial charge in [0.2, 0.25) is 0 Å². The fourth-order valence-corrected chi connectivity index (χ4v) is 3.84. The van der Waals surface area contributed by atoms with Crippen LogP contribution in [0, 0.1) is 12.7 Å². The highest BCUT2D eigenvalue weighted by Gasteiger charge is 2.17. The van der Waals surface area contributed by atoms with E-state index in [1.807, 2.05) is 48.5 Å². The molecule has 134 valence electrons. The molecule has 0 bridgehead atoms. The van der Waals surface area contributed by atoms with Crippen LogP contribution in [0.15, 0.2) is 84.0 Å². The second kappa shape index (κ2) is 7.76. The Hall–Kier alpha value is -2.92. The largest absolute Gasteiger partial charge is 0.270 e. The SMILES string of the molecule is Cc1ccccc1-c1nnc(SCc2cccc(F)c2)n1-c1ccccc1. The van der Waals surface area contributed by atoms with E-state index in [-0.39, 0.29) is 5.82 Å². The Balaban J connectivity index is 1.75. The molecule has 0 aliphatic rings. The van der Waals surface area contributed by atoms with Crippen LogP contribution in [-0.4, -0.2) is 14.8 Å². The first-order valence-corrected chi connectivity index (χ1v) is 9.65. The molecule has 3 nitrogen and oxygen atoms in total. The van der Waals surface area contributed by atoms with E-state index < -0.39 is 0 Å². The molecule has 0 atom stereocenters. The summed E-state index contributed by atoms with van der Waals surface area (Å²) < 4.78 is 15.5. The molecular formula is C22H18FN3S. The van der Waals surface area contributed by atoms with Crippen molar-refractivity contribution in [3.05, 3.63) is 95.8 Å². The Bertz CT molecular complexity index is 1060. The maximum Gasteiger partial charge on any atom is 0.196 e. The van der Waals surface area contributed by atoms with Gasteiger partial charge in [-0.2, -0.15) is 0 Å². The van der Waals surface area contributed by atoms with Crippen LogP contribution in [0.25, 0.3) is 17.1 Å². The van der Waals surface area contributed by atoms with Crippen LogP contribution in [-0.2, 0) is 5.75 Å². The van der Waals surface area contributed by atoms with Crippen LogP contribution in [0.2, 0.25) is 0 Å². The fraction of sp³-hybridized carbons (Fsp3) is 0.0909. The smallest absolute Gasteiger partial charge is 0.196 e. The molecule has 0 radical (unpaired) electrons. The first-order chi connectivity index (χ1) is 13.2. The van der Waals surface area contributed by atoms with Crippen molar-refractivity contribution in [2.24, 2.45) is 0 Å². The molecule has 0 amide bonds. The lowest BCUT2D eigenvalue weighted by molar-refractivity contribution is 0.626. The molecule has 0 N–H and O–H groups in total. The predicted octanol–water partition coefficient (Wildman–Crippen LogP) is 5.67. The van der Waals surface area contributed by atoms with Gasteiger partial charge in [-0.25, -0.2) is 4.39 Å². The van der Waals surface area contributed by atoms with Crippen LogP contribution >= 0.6 is 11.8 Å². The van der Waals surface area contributed by atoms with E-state index in [4.69, 9.17) is 0 Å². The maximum atomic E-state index is 13.5. The average molecular weight is 375 g/mol. The number of nitrogens with zero attached hydrogens (tertiary/aromatic N) is 3. The zero-order valence-corrected chi connectivity index (χ0v) is 15.7. The second-order valence-electron chi connectivity index (χ2n) is 6.21. The number of rotatable bonds is 5. The Morgan fingerprint density at radius 3 is 2.44 bits per heavy atom. The average Bonchev–Trinajstić information content (AvgIpc) is 3.11. The minimum atomic E-state index is -0.224.